The van der Waals surface area contributed by atoms with Gasteiger partial charge in [-0.05, 0) is 48.4 Å². The third-order valence-corrected chi connectivity index (χ3v) is 3.25. The smallest absolute Gasteiger partial charge is 0.243 e. The molecule has 0 aromatic heterocycles. The minimum absolute atomic E-state index is 0.169. The van der Waals surface area contributed by atoms with Crippen LogP contribution in [0.5, 0.6) is 5.75 Å². The highest BCUT2D eigenvalue weighted by Crippen LogP contribution is 2.16. The molecule has 21 heavy (non-hydrogen) atoms. The Kier molecular flexibility index (Phi) is 4.55. The summed E-state index contributed by atoms with van der Waals surface area (Å²) in [6.07, 6.45) is 0.366. The number of rotatable bonds is 4. The van der Waals surface area contributed by atoms with Gasteiger partial charge in [-0.15, -0.1) is 0 Å². The van der Waals surface area contributed by atoms with Crippen molar-refractivity contribution in [3.63, 3.8) is 0 Å². The van der Waals surface area contributed by atoms with Gasteiger partial charge in [0.25, 0.3) is 0 Å². The number of hydrogen-bond acceptors (Lipinski definition) is 3. The summed E-state index contributed by atoms with van der Waals surface area (Å²) >= 11 is 0. The molecule has 0 unspecified atom stereocenters. The third-order valence-electron chi connectivity index (χ3n) is 3.25. The number of carbonyl (C=O) groups excluding carboxylic acids is 1. The summed E-state index contributed by atoms with van der Waals surface area (Å²) in [4.78, 5) is 13.7. The first-order chi connectivity index (χ1) is 9.97. The number of amides is 1. The number of likely N-dealkylation sites (N-methyl/N-ethyl adjacent to an activating group) is 1. The van der Waals surface area contributed by atoms with Crippen LogP contribution in [0.25, 0.3) is 0 Å². The van der Waals surface area contributed by atoms with Crippen molar-refractivity contribution >= 4 is 11.6 Å². The number of benzene rings is 2. The quantitative estimate of drug-likeness (QED) is 0.905. The van der Waals surface area contributed by atoms with Crippen molar-refractivity contribution in [1.82, 2.24) is 0 Å². The molecule has 2 rings (SSSR count). The Bertz CT molecular complexity index is 611. The van der Waals surface area contributed by atoms with Crippen LogP contribution in [0.1, 0.15) is 5.56 Å². The Morgan fingerprint density at radius 1 is 1.19 bits per heavy atom. The van der Waals surface area contributed by atoms with E-state index in [-0.39, 0.29) is 17.5 Å². The van der Waals surface area contributed by atoms with Crippen LogP contribution in [0, 0.1) is 5.82 Å². The van der Waals surface area contributed by atoms with Crippen LogP contribution in [0.2, 0.25) is 0 Å². The average Bonchev–Trinajstić information content (AvgIpc) is 2.49. The number of aromatic hydroxyl groups is 1. The van der Waals surface area contributed by atoms with E-state index in [2.05, 4.69) is 0 Å². The summed E-state index contributed by atoms with van der Waals surface area (Å²) in [5, 5.41) is 9.22. The molecule has 0 bridgehead atoms. The van der Waals surface area contributed by atoms with Gasteiger partial charge < -0.3 is 15.7 Å². The van der Waals surface area contributed by atoms with E-state index in [1.807, 2.05) is 0 Å². The second-order valence-corrected chi connectivity index (χ2v) is 4.85. The number of halogens is 1. The first kappa shape index (κ1) is 15.0. The molecule has 0 radical (unpaired) electrons. The van der Waals surface area contributed by atoms with Crippen LogP contribution in [0.4, 0.5) is 10.1 Å². The molecule has 0 saturated heterocycles. The zero-order valence-electron chi connectivity index (χ0n) is 11.7. The lowest BCUT2D eigenvalue weighted by molar-refractivity contribution is -0.119. The van der Waals surface area contributed by atoms with Gasteiger partial charge in [0.15, 0.2) is 0 Å². The van der Waals surface area contributed by atoms with Crippen molar-refractivity contribution in [3.05, 3.63) is 59.9 Å². The van der Waals surface area contributed by atoms with Gasteiger partial charge in [-0.3, -0.25) is 4.79 Å². The van der Waals surface area contributed by atoms with E-state index in [9.17, 15) is 14.3 Å². The number of carbonyl (C=O) groups is 1. The first-order valence-electron chi connectivity index (χ1n) is 6.54. The number of phenols is 1. The molecule has 4 nitrogen and oxygen atoms in total. The lowest BCUT2D eigenvalue weighted by Gasteiger charge is -2.21. The topological polar surface area (TPSA) is 66.6 Å². The molecular weight excluding hydrogens is 271 g/mol. The maximum Gasteiger partial charge on any atom is 0.243 e. The van der Waals surface area contributed by atoms with Crippen LogP contribution >= 0.6 is 0 Å². The van der Waals surface area contributed by atoms with E-state index in [4.69, 9.17) is 5.73 Å². The second-order valence-electron chi connectivity index (χ2n) is 4.85. The lowest BCUT2D eigenvalue weighted by atomic mass is 10.1. The Hall–Kier alpha value is -2.40. The molecule has 0 saturated carbocycles. The van der Waals surface area contributed by atoms with Crippen LogP contribution in [0.15, 0.2) is 48.5 Å². The minimum Gasteiger partial charge on any atom is -0.508 e. The normalized spacial score (nSPS) is 12.0. The molecule has 0 fully saturated rings. The van der Waals surface area contributed by atoms with Gasteiger partial charge >= 0.3 is 0 Å². The van der Waals surface area contributed by atoms with Gasteiger partial charge in [0.1, 0.15) is 11.6 Å². The molecule has 1 amide bonds. The van der Waals surface area contributed by atoms with Gasteiger partial charge in [-0.2, -0.15) is 0 Å². The summed E-state index contributed by atoms with van der Waals surface area (Å²) in [6, 6.07) is 11.5. The van der Waals surface area contributed by atoms with Crippen molar-refractivity contribution in [2.45, 2.75) is 12.5 Å². The van der Waals surface area contributed by atoms with Crippen LogP contribution in [-0.4, -0.2) is 24.1 Å². The Balaban J connectivity index is 2.04. The Labute approximate surface area is 122 Å². The van der Waals surface area contributed by atoms with Gasteiger partial charge in [0.2, 0.25) is 5.91 Å². The Morgan fingerprint density at radius 2 is 1.76 bits per heavy atom. The SMILES string of the molecule is CN(C(=O)[C@H](N)Cc1ccc(O)cc1)c1ccc(F)cc1. The van der Waals surface area contributed by atoms with Crippen LogP contribution in [0.3, 0.4) is 0 Å². The summed E-state index contributed by atoms with van der Waals surface area (Å²) in [5.41, 5.74) is 7.38. The predicted octanol–water partition coefficient (Wildman–Crippen LogP) is 2.06. The maximum atomic E-state index is 12.9. The zero-order valence-corrected chi connectivity index (χ0v) is 11.7. The monoisotopic (exact) mass is 288 g/mol. The number of hydrogen-bond donors (Lipinski definition) is 2. The zero-order chi connectivity index (χ0) is 15.4. The molecule has 0 spiro atoms. The fourth-order valence-corrected chi connectivity index (χ4v) is 2.01. The lowest BCUT2D eigenvalue weighted by Crippen LogP contribution is -2.43. The molecule has 0 heterocycles. The summed E-state index contributed by atoms with van der Waals surface area (Å²) in [5.74, 6) is -0.440. The molecule has 1 atom stereocenters. The second kappa shape index (κ2) is 6.37. The molecular formula is C16H17FN2O2. The first-order valence-corrected chi connectivity index (χ1v) is 6.54. The summed E-state index contributed by atoms with van der Waals surface area (Å²) in [7, 11) is 1.60. The number of anilines is 1. The summed E-state index contributed by atoms with van der Waals surface area (Å²) < 4.78 is 12.9. The molecule has 5 heteroatoms. The number of nitrogens with two attached hydrogens (primary N) is 1. The highest BCUT2D eigenvalue weighted by molar-refractivity contribution is 5.96. The van der Waals surface area contributed by atoms with Crippen molar-refractivity contribution in [3.8, 4) is 5.75 Å². The van der Waals surface area contributed by atoms with E-state index in [0.717, 1.165) is 5.56 Å². The number of nitrogens with zero attached hydrogens (tertiary/aromatic N) is 1. The van der Waals surface area contributed by atoms with Gasteiger partial charge in [0.05, 0.1) is 6.04 Å². The third kappa shape index (κ3) is 3.79. The highest BCUT2D eigenvalue weighted by atomic mass is 19.1. The van der Waals surface area contributed by atoms with E-state index in [0.29, 0.717) is 12.1 Å². The van der Waals surface area contributed by atoms with Crippen molar-refractivity contribution in [2.75, 3.05) is 11.9 Å². The van der Waals surface area contributed by atoms with E-state index >= 15 is 0 Å². The van der Waals surface area contributed by atoms with E-state index in [1.54, 1.807) is 31.3 Å². The Morgan fingerprint density at radius 3 is 2.33 bits per heavy atom. The highest BCUT2D eigenvalue weighted by Gasteiger charge is 2.19. The van der Waals surface area contributed by atoms with Crippen molar-refractivity contribution in [1.29, 1.82) is 0 Å². The van der Waals surface area contributed by atoms with Crippen LogP contribution < -0.4 is 10.6 Å². The molecule has 2 aromatic rings. The fraction of sp³-hybridized carbons (Fsp3) is 0.188. The largest absolute Gasteiger partial charge is 0.508 e. The van der Waals surface area contributed by atoms with E-state index in [1.165, 1.54) is 29.2 Å². The molecule has 0 aliphatic heterocycles. The molecule has 2 aromatic carbocycles. The molecule has 0 aliphatic rings. The minimum atomic E-state index is -0.704. The molecule has 3 N–H and O–H groups in total. The van der Waals surface area contributed by atoms with Crippen molar-refractivity contribution in [2.24, 2.45) is 5.73 Å². The van der Waals surface area contributed by atoms with Gasteiger partial charge in [-0.1, -0.05) is 12.1 Å². The molecule has 0 aliphatic carbocycles. The van der Waals surface area contributed by atoms with E-state index < -0.39 is 6.04 Å². The van der Waals surface area contributed by atoms with Crippen molar-refractivity contribution < 1.29 is 14.3 Å². The fourth-order valence-electron chi connectivity index (χ4n) is 2.01. The summed E-state index contributed by atoms with van der Waals surface area (Å²) in [6.45, 7) is 0. The van der Waals surface area contributed by atoms with Crippen LogP contribution in [-0.2, 0) is 11.2 Å². The van der Waals surface area contributed by atoms with Gasteiger partial charge in [-0.25, -0.2) is 4.39 Å². The average molecular weight is 288 g/mol. The predicted molar refractivity (Wildman–Crippen MR) is 79.6 cm³/mol. The molecule has 110 valence electrons. The number of phenolic OH excluding ortho intramolecular Hbond substituents is 1. The van der Waals surface area contributed by atoms with Gasteiger partial charge in [0, 0.05) is 12.7 Å². The maximum absolute atomic E-state index is 12.9. The standard InChI is InChI=1S/C16H17FN2O2/c1-19(13-6-4-12(17)5-7-13)16(21)15(18)10-11-2-8-14(20)9-3-11/h2-9,15,20H,10,18H2,1H3/t15-/m1/s1.